The van der Waals surface area contributed by atoms with E-state index >= 15 is 0 Å². The second-order valence-electron chi connectivity index (χ2n) is 3.61. The maximum Gasteiger partial charge on any atom is 0.305 e. The number of hydrogen-bond acceptors (Lipinski definition) is 4. The largest absolute Gasteiger partial charge is 0.481 e. The molecule has 1 N–H and O–H groups in total. The Bertz CT molecular complexity index is 364. The Morgan fingerprint density at radius 3 is 2.81 bits per heavy atom. The average molecular weight is 242 g/mol. The van der Waals surface area contributed by atoms with E-state index in [1.807, 2.05) is 5.38 Å². The van der Waals surface area contributed by atoms with E-state index < -0.39 is 5.97 Å². The van der Waals surface area contributed by atoms with Gasteiger partial charge in [0.2, 0.25) is 5.91 Å². The summed E-state index contributed by atoms with van der Waals surface area (Å²) >= 11 is 1.44. The van der Waals surface area contributed by atoms with Crippen molar-refractivity contribution >= 4 is 23.2 Å². The summed E-state index contributed by atoms with van der Waals surface area (Å²) in [4.78, 5) is 27.7. The molecule has 0 aromatic carbocycles. The van der Waals surface area contributed by atoms with E-state index in [1.165, 1.54) is 16.2 Å². The third-order valence-electron chi connectivity index (χ3n) is 2.34. The molecule has 1 unspecified atom stereocenters. The summed E-state index contributed by atoms with van der Waals surface area (Å²) in [5, 5.41) is 10.4. The highest BCUT2D eigenvalue weighted by Gasteiger charge is 2.18. The molecule has 0 radical (unpaired) electrons. The molecule has 1 rings (SSSR count). The van der Waals surface area contributed by atoms with Crippen LogP contribution in [-0.2, 0) is 16.0 Å². The third-order valence-corrected chi connectivity index (χ3v) is 2.98. The number of rotatable bonds is 5. The molecule has 0 aliphatic carbocycles. The Balaban J connectivity index is 2.50. The van der Waals surface area contributed by atoms with Crippen molar-refractivity contribution in [1.29, 1.82) is 0 Å². The first-order valence-electron chi connectivity index (χ1n) is 4.85. The van der Waals surface area contributed by atoms with Gasteiger partial charge in [-0.2, -0.15) is 0 Å². The standard InChI is InChI=1S/C10H14N2O3S/c1-7(3-10(14)15)12(2)9(13)4-8-5-16-6-11-8/h5-7H,3-4H2,1-2H3,(H,14,15). The Labute approximate surface area is 97.7 Å². The zero-order valence-corrected chi connectivity index (χ0v) is 10.0. The van der Waals surface area contributed by atoms with Crippen molar-refractivity contribution in [3.8, 4) is 0 Å². The molecule has 5 nitrogen and oxygen atoms in total. The van der Waals surface area contributed by atoms with Crippen molar-refractivity contribution in [2.45, 2.75) is 25.8 Å². The molecule has 0 spiro atoms. The number of amides is 1. The molecule has 0 bridgehead atoms. The lowest BCUT2D eigenvalue weighted by Gasteiger charge is -2.23. The van der Waals surface area contributed by atoms with Crippen LogP contribution in [0.1, 0.15) is 19.0 Å². The third kappa shape index (κ3) is 3.62. The number of carbonyl (C=O) groups is 2. The number of carbonyl (C=O) groups excluding carboxylic acids is 1. The van der Waals surface area contributed by atoms with Crippen LogP contribution in [0.3, 0.4) is 0 Å². The van der Waals surface area contributed by atoms with Gasteiger partial charge in [0.15, 0.2) is 0 Å². The van der Waals surface area contributed by atoms with Crippen LogP contribution in [-0.4, -0.2) is 40.0 Å². The minimum Gasteiger partial charge on any atom is -0.481 e. The summed E-state index contributed by atoms with van der Waals surface area (Å²) in [6.07, 6.45) is 0.184. The first-order chi connectivity index (χ1) is 7.50. The van der Waals surface area contributed by atoms with E-state index in [9.17, 15) is 9.59 Å². The number of hydrogen-bond donors (Lipinski definition) is 1. The fourth-order valence-electron chi connectivity index (χ4n) is 1.24. The summed E-state index contributed by atoms with van der Waals surface area (Å²) in [5.74, 6) is -1.01. The fourth-order valence-corrected chi connectivity index (χ4v) is 1.80. The average Bonchev–Trinajstić information content (AvgIpc) is 2.68. The highest BCUT2D eigenvalue weighted by molar-refractivity contribution is 7.07. The van der Waals surface area contributed by atoms with Crippen molar-refractivity contribution in [2.24, 2.45) is 0 Å². The molecular formula is C10H14N2O3S. The van der Waals surface area contributed by atoms with Crippen LogP contribution in [0.2, 0.25) is 0 Å². The molecule has 16 heavy (non-hydrogen) atoms. The van der Waals surface area contributed by atoms with Crippen molar-refractivity contribution in [3.63, 3.8) is 0 Å². The maximum absolute atomic E-state index is 11.7. The molecule has 88 valence electrons. The predicted octanol–water partition coefficient (Wildman–Crippen LogP) is 1.01. The van der Waals surface area contributed by atoms with E-state index in [0.29, 0.717) is 0 Å². The van der Waals surface area contributed by atoms with E-state index in [2.05, 4.69) is 4.98 Å². The molecular weight excluding hydrogens is 228 g/mol. The molecule has 6 heteroatoms. The van der Waals surface area contributed by atoms with E-state index in [0.717, 1.165) is 5.69 Å². The SMILES string of the molecule is CC(CC(=O)O)N(C)C(=O)Cc1cscn1. The molecule has 0 aliphatic heterocycles. The van der Waals surface area contributed by atoms with Crippen molar-refractivity contribution in [2.75, 3.05) is 7.05 Å². The van der Waals surface area contributed by atoms with Crippen LogP contribution >= 0.6 is 11.3 Å². The Morgan fingerprint density at radius 2 is 2.31 bits per heavy atom. The normalized spacial score (nSPS) is 12.1. The quantitative estimate of drug-likeness (QED) is 0.836. The number of nitrogens with zero attached hydrogens (tertiary/aromatic N) is 2. The van der Waals surface area contributed by atoms with Gasteiger partial charge >= 0.3 is 5.97 Å². The number of carboxylic acids is 1. The smallest absolute Gasteiger partial charge is 0.305 e. The van der Waals surface area contributed by atoms with Crippen LogP contribution < -0.4 is 0 Å². The highest BCUT2D eigenvalue weighted by Crippen LogP contribution is 2.07. The number of thiazole rings is 1. The number of likely N-dealkylation sites (N-methyl/N-ethyl adjacent to an activating group) is 1. The van der Waals surface area contributed by atoms with Crippen LogP contribution in [0.4, 0.5) is 0 Å². The molecule has 1 atom stereocenters. The minimum absolute atomic E-state index is 0.0424. The predicted molar refractivity (Wildman–Crippen MR) is 60.3 cm³/mol. The van der Waals surface area contributed by atoms with Gasteiger partial charge in [0.1, 0.15) is 0 Å². The molecule has 1 aromatic rings. The van der Waals surface area contributed by atoms with Gasteiger partial charge in [-0.25, -0.2) is 4.98 Å². The van der Waals surface area contributed by atoms with Gasteiger partial charge in [0, 0.05) is 18.5 Å². The molecule has 1 amide bonds. The molecule has 0 saturated carbocycles. The van der Waals surface area contributed by atoms with E-state index in [4.69, 9.17) is 5.11 Å². The molecule has 0 saturated heterocycles. The monoisotopic (exact) mass is 242 g/mol. The summed E-state index contributed by atoms with van der Waals surface area (Å²) in [6.45, 7) is 1.72. The van der Waals surface area contributed by atoms with Gasteiger partial charge in [-0.05, 0) is 6.92 Å². The highest BCUT2D eigenvalue weighted by atomic mass is 32.1. The lowest BCUT2D eigenvalue weighted by Crippen LogP contribution is -2.37. The van der Waals surface area contributed by atoms with Crippen LogP contribution in [0, 0.1) is 0 Å². The minimum atomic E-state index is -0.902. The summed E-state index contributed by atoms with van der Waals surface area (Å²) < 4.78 is 0. The van der Waals surface area contributed by atoms with Gasteiger partial charge < -0.3 is 10.0 Å². The van der Waals surface area contributed by atoms with Crippen molar-refractivity contribution in [1.82, 2.24) is 9.88 Å². The van der Waals surface area contributed by atoms with Crippen LogP contribution in [0.25, 0.3) is 0 Å². The van der Waals surface area contributed by atoms with Crippen molar-refractivity contribution in [3.05, 3.63) is 16.6 Å². The second kappa shape index (κ2) is 5.60. The lowest BCUT2D eigenvalue weighted by molar-refractivity contribution is -0.139. The zero-order chi connectivity index (χ0) is 12.1. The van der Waals surface area contributed by atoms with Crippen LogP contribution in [0.5, 0.6) is 0 Å². The van der Waals surface area contributed by atoms with Gasteiger partial charge in [0.05, 0.1) is 24.0 Å². The first-order valence-corrected chi connectivity index (χ1v) is 5.79. The van der Waals surface area contributed by atoms with E-state index in [1.54, 1.807) is 19.5 Å². The van der Waals surface area contributed by atoms with Gasteiger partial charge in [-0.15, -0.1) is 11.3 Å². The lowest BCUT2D eigenvalue weighted by atomic mass is 10.2. The van der Waals surface area contributed by atoms with Gasteiger partial charge in [-0.1, -0.05) is 0 Å². The molecule has 1 aromatic heterocycles. The molecule has 0 aliphatic rings. The fraction of sp³-hybridized carbons (Fsp3) is 0.500. The first kappa shape index (κ1) is 12.6. The summed E-state index contributed by atoms with van der Waals surface area (Å²) in [5.41, 5.74) is 2.40. The van der Waals surface area contributed by atoms with E-state index in [-0.39, 0.29) is 24.8 Å². The van der Waals surface area contributed by atoms with Crippen molar-refractivity contribution < 1.29 is 14.7 Å². The number of aromatic nitrogens is 1. The Kier molecular flexibility index (Phi) is 4.42. The topological polar surface area (TPSA) is 70.5 Å². The summed E-state index contributed by atoms with van der Waals surface area (Å²) in [6, 6.07) is -0.302. The van der Waals surface area contributed by atoms with Gasteiger partial charge in [-0.3, -0.25) is 9.59 Å². The zero-order valence-electron chi connectivity index (χ0n) is 9.21. The number of aliphatic carboxylic acids is 1. The van der Waals surface area contributed by atoms with Gasteiger partial charge in [0.25, 0.3) is 0 Å². The molecule has 1 heterocycles. The van der Waals surface area contributed by atoms with Crippen LogP contribution in [0.15, 0.2) is 10.9 Å². The summed E-state index contributed by atoms with van der Waals surface area (Å²) in [7, 11) is 1.61. The Morgan fingerprint density at radius 1 is 1.62 bits per heavy atom. The Hall–Kier alpha value is -1.43. The molecule has 0 fully saturated rings. The number of carboxylic acid groups (broad SMARTS) is 1. The second-order valence-corrected chi connectivity index (χ2v) is 4.33. The maximum atomic E-state index is 11.7.